The van der Waals surface area contributed by atoms with Crippen molar-refractivity contribution >= 4 is 11.8 Å². The third-order valence-electron chi connectivity index (χ3n) is 7.66. The molecule has 0 radical (unpaired) electrons. The first-order valence-corrected chi connectivity index (χ1v) is 12.7. The molecular formula is C28H37N3O3. The lowest BCUT2D eigenvalue weighted by molar-refractivity contribution is -0.138. The maximum absolute atomic E-state index is 13.3. The molecule has 182 valence electrons. The van der Waals surface area contributed by atoms with E-state index in [2.05, 4.69) is 22.0 Å². The van der Waals surface area contributed by atoms with Gasteiger partial charge in [0.15, 0.2) is 0 Å². The molecule has 0 bridgehead atoms. The number of piperidine rings is 1. The average molecular weight is 464 g/mol. The summed E-state index contributed by atoms with van der Waals surface area (Å²) in [7, 11) is 3.58. The van der Waals surface area contributed by atoms with Gasteiger partial charge in [0.1, 0.15) is 5.75 Å². The topological polar surface area (TPSA) is 62.7 Å². The number of carbonyl (C=O) groups is 2. The van der Waals surface area contributed by atoms with E-state index in [9.17, 15) is 9.59 Å². The fourth-order valence-corrected chi connectivity index (χ4v) is 5.62. The summed E-state index contributed by atoms with van der Waals surface area (Å²) in [4.78, 5) is 34.5. The van der Waals surface area contributed by atoms with Crippen LogP contribution in [0.2, 0.25) is 0 Å². The van der Waals surface area contributed by atoms with Crippen LogP contribution >= 0.6 is 0 Å². The van der Waals surface area contributed by atoms with Gasteiger partial charge >= 0.3 is 0 Å². The van der Waals surface area contributed by atoms with Crippen LogP contribution < -0.4 is 4.74 Å². The summed E-state index contributed by atoms with van der Waals surface area (Å²) >= 11 is 0. The summed E-state index contributed by atoms with van der Waals surface area (Å²) in [6.45, 7) is 1.56. The molecule has 2 aliphatic rings. The zero-order chi connectivity index (χ0) is 23.9. The molecule has 1 aliphatic heterocycles. The average Bonchev–Trinajstić information content (AvgIpc) is 2.91. The van der Waals surface area contributed by atoms with Gasteiger partial charge in [0.2, 0.25) is 5.91 Å². The van der Waals surface area contributed by atoms with Crippen molar-refractivity contribution < 1.29 is 14.3 Å². The predicted molar refractivity (Wildman–Crippen MR) is 133 cm³/mol. The second-order valence-corrected chi connectivity index (χ2v) is 9.78. The number of nitrogens with zero attached hydrogens (tertiary/aromatic N) is 3. The number of hydrogen-bond acceptors (Lipinski definition) is 4. The van der Waals surface area contributed by atoms with Gasteiger partial charge in [-0.05, 0) is 67.9 Å². The van der Waals surface area contributed by atoms with E-state index >= 15 is 0 Å². The fraction of sp³-hybridized carbons (Fsp3) is 0.536. The van der Waals surface area contributed by atoms with E-state index in [0.717, 1.165) is 56.5 Å². The minimum Gasteiger partial charge on any atom is -0.497 e. The molecule has 0 spiro atoms. The summed E-state index contributed by atoms with van der Waals surface area (Å²) < 4.78 is 5.42. The van der Waals surface area contributed by atoms with Gasteiger partial charge in [-0.2, -0.15) is 0 Å². The Morgan fingerprint density at radius 1 is 1.09 bits per heavy atom. The van der Waals surface area contributed by atoms with Gasteiger partial charge in [0.25, 0.3) is 5.91 Å². The molecule has 1 aliphatic carbocycles. The Morgan fingerprint density at radius 2 is 1.85 bits per heavy atom. The lowest BCUT2D eigenvalue weighted by Crippen LogP contribution is -2.49. The number of amides is 2. The summed E-state index contributed by atoms with van der Waals surface area (Å²) in [6, 6.07) is 11.7. The van der Waals surface area contributed by atoms with Gasteiger partial charge in [-0.3, -0.25) is 14.6 Å². The van der Waals surface area contributed by atoms with Crippen LogP contribution in [0.1, 0.15) is 60.9 Å². The summed E-state index contributed by atoms with van der Waals surface area (Å²) in [5.74, 6) is 1.70. The van der Waals surface area contributed by atoms with Crippen LogP contribution in [0.25, 0.3) is 0 Å². The first-order valence-electron chi connectivity index (χ1n) is 12.7. The molecular weight excluding hydrogens is 426 g/mol. The van der Waals surface area contributed by atoms with Gasteiger partial charge in [-0.15, -0.1) is 0 Å². The van der Waals surface area contributed by atoms with Crippen molar-refractivity contribution in [2.75, 3.05) is 27.2 Å². The number of likely N-dealkylation sites (N-methyl/N-ethyl adjacent to an activating group) is 1. The number of hydrogen-bond donors (Lipinski definition) is 0. The third kappa shape index (κ3) is 5.78. The number of rotatable bonds is 7. The zero-order valence-corrected chi connectivity index (χ0v) is 20.5. The van der Waals surface area contributed by atoms with Crippen molar-refractivity contribution in [2.45, 2.75) is 57.4 Å². The highest BCUT2D eigenvalue weighted by Crippen LogP contribution is 2.31. The largest absolute Gasteiger partial charge is 0.497 e. The molecule has 1 saturated heterocycles. The maximum atomic E-state index is 13.3. The highest BCUT2D eigenvalue weighted by atomic mass is 16.5. The molecule has 1 saturated carbocycles. The molecule has 2 aromatic rings. The van der Waals surface area contributed by atoms with Crippen molar-refractivity contribution in [1.82, 2.24) is 14.8 Å². The molecule has 1 atom stereocenters. The van der Waals surface area contributed by atoms with Crippen LogP contribution in [0.4, 0.5) is 0 Å². The molecule has 0 N–H and O–H groups in total. The number of aromatic nitrogens is 1. The summed E-state index contributed by atoms with van der Waals surface area (Å²) in [5, 5.41) is 0. The lowest BCUT2D eigenvalue weighted by atomic mass is 9.83. The van der Waals surface area contributed by atoms with Crippen LogP contribution in [-0.2, 0) is 11.2 Å². The van der Waals surface area contributed by atoms with Crippen LogP contribution in [0, 0.1) is 11.8 Å². The second-order valence-electron chi connectivity index (χ2n) is 9.78. The van der Waals surface area contributed by atoms with Crippen molar-refractivity contribution in [3.05, 3.63) is 59.9 Å². The smallest absolute Gasteiger partial charge is 0.255 e. The summed E-state index contributed by atoms with van der Waals surface area (Å²) in [6.07, 6.45) is 11.6. The highest BCUT2D eigenvalue weighted by Gasteiger charge is 2.35. The van der Waals surface area contributed by atoms with Gasteiger partial charge in [0, 0.05) is 44.5 Å². The lowest BCUT2D eigenvalue weighted by Gasteiger charge is -2.41. The number of methoxy groups -OCH3 is 1. The van der Waals surface area contributed by atoms with Crippen molar-refractivity contribution in [3.63, 3.8) is 0 Å². The highest BCUT2D eigenvalue weighted by molar-refractivity contribution is 5.94. The Hall–Kier alpha value is -2.89. The van der Waals surface area contributed by atoms with Gasteiger partial charge in [0.05, 0.1) is 12.7 Å². The van der Waals surface area contributed by atoms with Crippen molar-refractivity contribution in [2.24, 2.45) is 11.8 Å². The van der Waals surface area contributed by atoms with E-state index in [1.54, 1.807) is 25.6 Å². The second kappa shape index (κ2) is 11.5. The molecule has 2 heterocycles. The van der Waals surface area contributed by atoms with Crippen molar-refractivity contribution in [1.29, 1.82) is 0 Å². The molecule has 2 amide bonds. The van der Waals surface area contributed by atoms with Crippen LogP contribution in [0.15, 0.2) is 48.8 Å². The first kappa shape index (κ1) is 24.2. The number of likely N-dealkylation sites (tertiary alicyclic amines) is 1. The van der Waals surface area contributed by atoms with Gasteiger partial charge in [-0.1, -0.05) is 31.4 Å². The maximum Gasteiger partial charge on any atom is 0.255 e. The number of carbonyl (C=O) groups excluding carboxylic acids is 2. The minimum absolute atomic E-state index is 0.0123. The molecule has 4 rings (SSSR count). The van der Waals surface area contributed by atoms with Crippen LogP contribution in [-0.4, -0.2) is 59.9 Å². The van der Waals surface area contributed by atoms with E-state index in [1.165, 1.54) is 19.3 Å². The Morgan fingerprint density at radius 3 is 2.53 bits per heavy atom. The number of benzene rings is 1. The molecule has 1 aromatic carbocycles. The van der Waals surface area contributed by atoms with E-state index < -0.39 is 0 Å². The van der Waals surface area contributed by atoms with E-state index in [1.807, 2.05) is 30.1 Å². The van der Waals surface area contributed by atoms with Gasteiger partial charge in [-0.25, -0.2) is 0 Å². The standard InChI is InChI=1S/C28H37N3O3/c1-30(27(32)24-11-7-15-29-20-24)26(19-21-8-6-12-25(18-21)34-2)22-13-16-31(17-14-22)28(33)23-9-4-3-5-10-23/h6-8,11-12,15,18,20,22-23,26H,3-5,9-10,13-14,16-17,19H2,1-2H3/t26-/m1/s1. The van der Waals surface area contributed by atoms with Crippen molar-refractivity contribution in [3.8, 4) is 5.75 Å². The Balaban J connectivity index is 1.48. The third-order valence-corrected chi connectivity index (χ3v) is 7.66. The Labute approximate surface area is 203 Å². The predicted octanol–water partition coefficient (Wildman–Crippen LogP) is 4.59. The number of pyridine rings is 1. The molecule has 0 unspecified atom stereocenters. The molecule has 34 heavy (non-hydrogen) atoms. The monoisotopic (exact) mass is 463 g/mol. The molecule has 6 heteroatoms. The van der Waals surface area contributed by atoms with Crippen LogP contribution in [0.5, 0.6) is 5.75 Å². The van der Waals surface area contributed by atoms with E-state index in [0.29, 0.717) is 17.4 Å². The molecule has 6 nitrogen and oxygen atoms in total. The number of ether oxygens (including phenoxy) is 1. The summed E-state index contributed by atoms with van der Waals surface area (Å²) in [5.41, 5.74) is 1.75. The molecule has 2 fully saturated rings. The van der Waals surface area contributed by atoms with Crippen LogP contribution in [0.3, 0.4) is 0 Å². The molecule has 1 aromatic heterocycles. The fourth-order valence-electron chi connectivity index (χ4n) is 5.62. The quantitative estimate of drug-likeness (QED) is 0.602. The van der Waals surface area contributed by atoms with E-state index in [4.69, 9.17) is 4.74 Å². The first-order chi connectivity index (χ1) is 16.6. The zero-order valence-electron chi connectivity index (χ0n) is 20.5. The Bertz CT molecular complexity index is 950. The Kier molecular flexibility index (Phi) is 8.20. The minimum atomic E-state index is -0.0123. The van der Waals surface area contributed by atoms with Gasteiger partial charge < -0.3 is 14.5 Å². The van der Waals surface area contributed by atoms with E-state index in [-0.39, 0.29) is 17.9 Å². The normalized spacial score (nSPS) is 18.4. The SMILES string of the molecule is COc1cccc(C[C@H](C2CCN(C(=O)C3CCCCC3)CC2)N(C)C(=O)c2cccnc2)c1.